The van der Waals surface area contributed by atoms with Gasteiger partial charge in [-0.25, -0.2) is 24.5 Å². The van der Waals surface area contributed by atoms with Crippen LogP contribution in [0, 0.1) is 5.92 Å². The quantitative estimate of drug-likeness (QED) is 0.334. The monoisotopic (exact) mass is 581 g/mol. The van der Waals surface area contributed by atoms with Crippen molar-refractivity contribution >= 4 is 28.8 Å². The van der Waals surface area contributed by atoms with Crippen molar-refractivity contribution in [1.82, 2.24) is 39.5 Å². The van der Waals surface area contributed by atoms with Crippen LogP contribution in [-0.2, 0) is 0 Å². The zero-order valence-corrected chi connectivity index (χ0v) is 25.2. The van der Waals surface area contributed by atoms with Gasteiger partial charge in [0, 0.05) is 77.9 Å². The van der Waals surface area contributed by atoms with Crippen LogP contribution in [0.1, 0.15) is 31.1 Å². The molecule has 4 amide bonds. The molecule has 2 aliphatic heterocycles. The highest BCUT2D eigenvalue weighted by molar-refractivity contribution is 5.90. The molecule has 11 heteroatoms. The van der Waals surface area contributed by atoms with Crippen LogP contribution in [0.4, 0.5) is 15.5 Å². The van der Waals surface area contributed by atoms with Crippen molar-refractivity contribution < 1.29 is 9.59 Å². The standard InChI is InChI=1S/C32H39N9O2/c1-38(2)31(42)40-13-11-21(20-40)16-34-30-35-17-26(18-36-30)24-8-7-23-15-25(10-9-22(23)14-24)27-19-33-29(37-27)28-6-5-12-41(28)32(43)39(3)4/h7-10,14-15,17-19,21,28H,5-6,11-13,16,20H2,1-4H3,(H,33,37)(H,34,35,36)/t21-,28+/m1/s1. The Kier molecular flexibility index (Phi) is 7.88. The smallest absolute Gasteiger partial charge is 0.320 e. The van der Waals surface area contributed by atoms with E-state index >= 15 is 0 Å². The molecule has 2 atom stereocenters. The lowest BCUT2D eigenvalue weighted by Crippen LogP contribution is -2.38. The predicted octanol–water partition coefficient (Wildman–Crippen LogP) is 4.92. The average Bonchev–Trinajstić information content (AvgIpc) is 3.80. The number of rotatable bonds is 6. The summed E-state index contributed by atoms with van der Waals surface area (Å²) in [5.74, 6) is 1.81. The number of urea groups is 2. The van der Waals surface area contributed by atoms with Gasteiger partial charge in [0.05, 0.1) is 17.9 Å². The maximum atomic E-state index is 12.6. The van der Waals surface area contributed by atoms with Gasteiger partial charge in [0.1, 0.15) is 5.82 Å². The van der Waals surface area contributed by atoms with Crippen LogP contribution >= 0.6 is 0 Å². The third-order valence-corrected chi connectivity index (χ3v) is 8.42. The van der Waals surface area contributed by atoms with E-state index in [1.807, 2.05) is 28.4 Å². The maximum Gasteiger partial charge on any atom is 0.320 e. The fourth-order valence-electron chi connectivity index (χ4n) is 6.04. The molecule has 2 aromatic heterocycles. The molecule has 4 aromatic rings. The van der Waals surface area contributed by atoms with E-state index in [0.29, 0.717) is 11.9 Å². The number of carbonyl (C=O) groups excluding carboxylic acids is 2. The number of hydrogen-bond donors (Lipinski definition) is 2. The molecule has 0 saturated carbocycles. The predicted molar refractivity (Wildman–Crippen MR) is 168 cm³/mol. The molecular formula is C32H39N9O2. The van der Waals surface area contributed by atoms with Crippen molar-refractivity contribution in [3.8, 4) is 22.4 Å². The second kappa shape index (κ2) is 11.9. The van der Waals surface area contributed by atoms with Gasteiger partial charge in [-0.15, -0.1) is 0 Å². The second-order valence-electron chi connectivity index (χ2n) is 11.9. The normalized spacial score (nSPS) is 18.3. The van der Waals surface area contributed by atoms with Crippen LogP contribution in [-0.4, -0.2) is 106 Å². The molecule has 0 radical (unpaired) electrons. The van der Waals surface area contributed by atoms with Crippen molar-refractivity contribution in [3.63, 3.8) is 0 Å². The summed E-state index contributed by atoms with van der Waals surface area (Å²) in [5, 5.41) is 5.58. The van der Waals surface area contributed by atoms with E-state index in [1.165, 1.54) is 0 Å². The lowest BCUT2D eigenvalue weighted by atomic mass is 10.0. The fraction of sp³-hybridized carbons (Fsp3) is 0.406. The van der Waals surface area contributed by atoms with Crippen molar-refractivity contribution in [3.05, 3.63) is 60.8 Å². The van der Waals surface area contributed by atoms with E-state index < -0.39 is 0 Å². The van der Waals surface area contributed by atoms with Gasteiger partial charge >= 0.3 is 12.1 Å². The van der Waals surface area contributed by atoms with E-state index in [2.05, 4.69) is 61.7 Å². The minimum absolute atomic E-state index is 0.0216. The Hall–Kier alpha value is -4.67. The number of anilines is 1. The van der Waals surface area contributed by atoms with Gasteiger partial charge in [-0.2, -0.15) is 0 Å². The largest absolute Gasteiger partial charge is 0.354 e. The van der Waals surface area contributed by atoms with Crippen molar-refractivity contribution in [2.24, 2.45) is 5.92 Å². The molecule has 2 saturated heterocycles. The first-order valence-corrected chi connectivity index (χ1v) is 14.9. The Balaban J connectivity index is 1.10. The summed E-state index contributed by atoms with van der Waals surface area (Å²) in [4.78, 5) is 49.1. The summed E-state index contributed by atoms with van der Waals surface area (Å²) in [5.41, 5.74) is 4.00. The van der Waals surface area contributed by atoms with Gasteiger partial charge < -0.3 is 29.9 Å². The van der Waals surface area contributed by atoms with Gasteiger partial charge in [0.25, 0.3) is 0 Å². The third kappa shape index (κ3) is 5.97. The number of likely N-dealkylation sites (tertiary alicyclic amines) is 2. The molecule has 4 heterocycles. The molecule has 43 heavy (non-hydrogen) atoms. The SMILES string of the molecule is CN(C)C(=O)N1CC[C@H](CNc2ncc(-c3ccc4cc(-c5cnc([C@@H]6CCCN6C(=O)N(C)C)[nH]5)ccc4c3)cn2)C1. The molecule has 0 unspecified atom stereocenters. The van der Waals surface area contributed by atoms with E-state index in [-0.39, 0.29) is 18.1 Å². The first kappa shape index (κ1) is 28.4. The van der Waals surface area contributed by atoms with Gasteiger partial charge in [-0.3, -0.25) is 0 Å². The van der Waals surface area contributed by atoms with E-state index in [4.69, 9.17) is 0 Å². The number of benzene rings is 2. The summed E-state index contributed by atoms with van der Waals surface area (Å²) < 4.78 is 0. The molecule has 0 aliphatic carbocycles. The Labute approximate surface area is 251 Å². The average molecular weight is 582 g/mol. The zero-order chi connectivity index (χ0) is 30.1. The summed E-state index contributed by atoms with van der Waals surface area (Å²) in [6, 6.07) is 12.8. The van der Waals surface area contributed by atoms with Gasteiger partial charge in [-0.1, -0.05) is 24.3 Å². The summed E-state index contributed by atoms with van der Waals surface area (Å²) in [6.45, 7) is 3.02. The highest BCUT2D eigenvalue weighted by atomic mass is 16.2. The molecule has 0 spiro atoms. The molecule has 2 fully saturated rings. The van der Waals surface area contributed by atoms with Crippen LogP contribution in [0.2, 0.25) is 0 Å². The minimum Gasteiger partial charge on any atom is -0.354 e. The van der Waals surface area contributed by atoms with Gasteiger partial charge in [0.15, 0.2) is 0 Å². The number of aromatic nitrogens is 4. The highest BCUT2D eigenvalue weighted by Crippen LogP contribution is 2.33. The van der Waals surface area contributed by atoms with Gasteiger partial charge in [0.2, 0.25) is 5.95 Å². The summed E-state index contributed by atoms with van der Waals surface area (Å²) >= 11 is 0. The number of nitrogens with zero attached hydrogens (tertiary/aromatic N) is 7. The second-order valence-corrected chi connectivity index (χ2v) is 11.9. The first-order chi connectivity index (χ1) is 20.8. The molecule has 2 aromatic carbocycles. The van der Waals surface area contributed by atoms with Crippen LogP contribution in [0.5, 0.6) is 0 Å². The van der Waals surface area contributed by atoms with Gasteiger partial charge in [-0.05, 0) is 53.6 Å². The number of H-pyrrole nitrogens is 1. The number of hydrogen-bond acceptors (Lipinski definition) is 6. The Morgan fingerprint density at radius 1 is 0.860 bits per heavy atom. The van der Waals surface area contributed by atoms with E-state index in [1.54, 1.807) is 38.0 Å². The lowest BCUT2D eigenvalue weighted by Gasteiger charge is -2.26. The molecule has 0 bridgehead atoms. The Bertz CT molecular complexity index is 1610. The topological polar surface area (TPSA) is 114 Å². The summed E-state index contributed by atoms with van der Waals surface area (Å²) in [6.07, 6.45) is 8.42. The first-order valence-electron chi connectivity index (χ1n) is 14.9. The minimum atomic E-state index is -0.0256. The number of carbonyl (C=O) groups is 2. The van der Waals surface area contributed by atoms with Crippen LogP contribution < -0.4 is 5.32 Å². The van der Waals surface area contributed by atoms with Crippen molar-refractivity contribution in [2.45, 2.75) is 25.3 Å². The van der Waals surface area contributed by atoms with Crippen LogP contribution in [0.25, 0.3) is 33.2 Å². The number of aromatic amines is 1. The highest BCUT2D eigenvalue weighted by Gasteiger charge is 2.33. The lowest BCUT2D eigenvalue weighted by molar-refractivity contribution is 0.164. The van der Waals surface area contributed by atoms with Crippen molar-refractivity contribution in [2.75, 3.05) is 59.7 Å². The number of amides is 4. The molecule has 11 nitrogen and oxygen atoms in total. The van der Waals surface area contributed by atoms with Crippen LogP contribution in [0.3, 0.4) is 0 Å². The third-order valence-electron chi connectivity index (χ3n) is 8.42. The number of nitrogens with one attached hydrogen (secondary N) is 2. The molecular weight excluding hydrogens is 542 g/mol. The molecule has 2 aliphatic rings. The van der Waals surface area contributed by atoms with E-state index in [0.717, 1.165) is 84.4 Å². The fourth-order valence-corrected chi connectivity index (χ4v) is 6.04. The van der Waals surface area contributed by atoms with Crippen LogP contribution in [0.15, 0.2) is 55.0 Å². The summed E-state index contributed by atoms with van der Waals surface area (Å²) in [7, 11) is 7.15. The molecule has 224 valence electrons. The number of fused-ring (bicyclic) bond motifs is 1. The maximum absolute atomic E-state index is 12.6. The zero-order valence-electron chi connectivity index (χ0n) is 25.2. The molecule has 6 rings (SSSR count). The Morgan fingerprint density at radius 3 is 2.28 bits per heavy atom. The Morgan fingerprint density at radius 2 is 1.56 bits per heavy atom. The number of imidazole rings is 1. The molecule has 2 N–H and O–H groups in total. The van der Waals surface area contributed by atoms with E-state index in [9.17, 15) is 9.59 Å². The van der Waals surface area contributed by atoms with Crippen molar-refractivity contribution in [1.29, 1.82) is 0 Å².